The molecule has 0 bridgehead atoms. The van der Waals surface area contributed by atoms with Crippen molar-refractivity contribution < 1.29 is 4.79 Å². The third kappa shape index (κ3) is 4.53. The van der Waals surface area contributed by atoms with Crippen molar-refractivity contribution in [1.29, 1.82) is 0 Å². The predicted octanol–water partition coefficient (Wildman–Crippen LogP) is 4.10. The molecule has 0 saturated heterocycles. The van der Waals surface area contributed by atoms with Crippen LogP contribution in [0.3, 0.4) is 0 Å². The molecule has 2 aromatic rings. The molecule has 0 unspecified atom stereocenters. The van der Waals surface area contributed by atoms with E-state index in [0.29, 0.717) is 5.11 Å². The first-order chi connectivity index (χ1) is 10.9. The normalized spacial score (nSPS) is 10.1. The number of nitrogens with zero attached hydrogens (tertiary/aromatic N) is 1. The first kappa shape index (κ1) is 17.0. The van der Waals surface area contributed by atoms with Crippen LogP contribution in [0.1, 0.15) is 18.1 Å². The van der Waals surface area contributed by atoms with Gasteiger partial charge in [-0.1, -0.05) is 12.1 Å². The van der Waals surface area contributed by atoms with Crippen molar-refractivity contribution >= 4 is 40.3 Å². The Balaban J connectivity index is 2.03. The zero-order valence-corrected chi connectivity index (χ0v) is 14.6. The zero-order chi connectivity index (χ0) is 17.0. The van der Waals surface area contributed by atoms with E-state index in [1.54, 1.807) is 11.9 Å². The van der Waals surface area contributed by atoms with E-state index < -0.39 is 0 Å². The lowest BCUT2D eigenvalue weighted by molar-refractivity contribution is -0.116. The second-order valence-corrected chi connectivity index (χ2v) is 5.93. The van der Waals surface area contributed by atoms with Gasteiger partial charge in [-0.3, -0.25) is 4.79 Å². The fourth-order valence-electron chi connectivity index (χ4n) is 2.11. The molecule has 0 aromatic heterocycles. The third-order valence-electron chi connectivity index (χ3n) is 3.63. The predicted molar refractivity (Wildman–Crippen MR) is 101 cm³/mol. The van der Waals surface area contributed by atoms with Gasteiger partial charge in [0, 0.05) is 31.0 Å². The maximum atomic E-state index is 11.3. The number of carbonyl (C=O) groups is 1. The molecule has 120 valence electrons. The number of anilines is 3. The lowest BCUT2D eigenvalue weighted by Gasteiger charge is -2.16. The summed E-state index contributed by atoms with van der Waals surface area (Å²) in [6.45, 7) is 5.62. The molecule has 2 rings (SSSR count). The molecule has 0 heterocycles. The van der Waals surface area contributed by atoms with Crippen LogP contribution in [0.2, 0.25) is 0 Å². The van der Waals surface area contributed by atoms with E-state index in [0.717, 1.165) is 22.6 Å². The van der Waals surface area contributed by atoms with Crippen LogP contribution < -0.4 is 15.5 Å². The van der Waals surface area contributed by atoms with Crippen molar-refractivity contribution in [2.45, 2.75) is 20.8 Å². The Labute approximate surface area is 142 Å². The highest BCUT2D eigenvalue weighted by atomic mass is 32.1. The maximum Gasteiger partial charge on any atom is 0.223 e. The van der Waals surface area contributed by atoms with Gasteiger partial charge in [-0.2, -0.15) is 0 Å². The Morgan fingerprint density at radius 2 is 1.70 bits per heavy atom. The minimum atomic E-state index is -0.00202. The summed E-state index contributed by atoms with van der Waals surface area (Å²) in [5.41, 5.74) is 5.02. The number of thiocarbonyl (C=S) groups is 1. The van der Waals surface area contributed by atoms with E-state index in [1.165, 1.54) is 12.5 Å². The monoisotopic (exact) mass is 327 g/mol. The average Bonchev–Trinajstić information content (AvgIpc) is 2.51. The Hall–Kier alpha value is -2.40. The topological polar surface area (TPSA) is 44.4 Å². The number of nitrogens with one attached hydrogen (secondary N) is 2. The minimum absolute atomic E-state index is 0.00202. The SMILES string of the molecule is CC(=O)N(C)c1ccc(NC(=S)Nc2cc(C)ccc2C)cc1. The zero-order valence-electron chi connectivity index (χ0n) is 13.8. The standard InChI is InChI=1S/C18H21N3OS/c1-12-5-6-13(2)17(11-12)20-18(23)19-15-7-9-16(10-8-15)21(4)14(3)22/h5-11H,1-4H3,(H2,19,20,23). The Morgan fingerprint density at radius 3 is 2.30 bits per heavy atom. The number of hydrogen-bond donors (Lipinski definition) is 2. The molecule has 1 amide bonds. The van der Waals surface area contributed by atoms with Crippen LogP contribution in [0.4, 0.5) is 17.1 Å². The van der Waals surface area contributed by atoms with Crippen LogP contribution in [0.15, 0.2) is 42.5 Å². The van der Waals surface area contributed by atoms with Gasteiger partial charge >= 0.3 is 0 Å². The van der Waals surface area contributed by atoms with Crippen LogP contribution in [0.25, 0.3) is 0 Å². The fourth-order valence-corrected chi connectivity index (χ4v) is 2.33. The molecule has 0 aliphatic carbocycles. The third-order valence-corrected chi connectivity index (χ3v) is 3.83. The molecular weight excluding hydrogens is 306 g/mol. The molecule has 2 aromatic carbocycles. The van der Waals surface area contributed by atoms with Gasteiger partial charge in [0.15, 0.2) is 5.11 Å². The van der Waals surface area contributed by atoms with Crippen LogP contribution in [-0.4, -0.2) is 18.1 Å². The van der Waals surface area contributed by atoms with Crippen molar-refractivity contribution in [2.24, 2.45) is 0 Å². The number of hydrogen-bond acceptors (Lipinski definition) is 2. The van der Waals surface area contributed by atoms with Crippen LogP contribution in [-0.2, 0) is 4.79 Å². The Bertz CT molecular complexity index is 726. The molecule has 2 N–H and O–H groups in total. The van der Waals surface area contributed by atoms with Gasteiger partial charge in [-0.05, 0) is 67.5 Å². The molecule has 0 spiro atoms. The van der Waals surface area contributed by atoms with Gasteiger partial charge in [0.1, 0.15) is 0 Å². The summed E-state index contributed by atoms with van der Waals surface area (Å²) in [7, 11) is 1.75. The van der Waals surface area contributed by atoms with Crippen molar-refractivity contribution in [3.63, 3.8) is 0 Å². The summed E-state index contributed by atoms with van der Waals surface area (Å²) >= 11 is 5.36. The highest BCUT2D eigenvalue weighted by Crippen LogP contribution is 2.19. The lowest BCUT2D eigenvalue weighted by Crippen LogP contribution is -2.23. The van der Waals surface area contributed by atoms with E-state index in [-0.39, 0.29) is 5.91 Å². The summed E-state index contributed by atoms with van der Waals surface area (Å²) in [6, 6.07) is 13.7. The number of rotatable bonds is 3. The first-order valence-corrected chi connectivity index (χ1v) is 7.77. The molecule has 0 aliphatic rings. The van der Waals surface area contributed by atoms with E-state index >= 15 is 0 Å². The summed E-state index contributed by atoms with van der Waals surface area (Å²) in [6.07, 6.45) is 0. The molecular formula is C18H21N3OS. The van der Waals surface area contributed by atoms with Gasteiger partial charge in [0.2, 0.25) is 5.91 Å². The Kier molecular flexibility index (Phi) is 5.34. The second-order valence-electron chi connectivity index (χ2n) is 5.52. The molecule has 0 aliphatic heterocycles. The summed E-state index contributed by atoms with van der Waals surface area (Å²) in [5.74, 6) is -0.00202. The van der Waals surface area contributed by atoms with Crippen molar-refractivity contribution in [3.05, 3.63) is 53.6 Å². The molecule has 5 heteroatoms. The number of carbonyl (C=O) groups excluding carboxylic acids is 1. The second kappa shape index (κ2) is 7.24. The van der Waals surface area contributed by atoms with E-state index in [2.05, 4.69) is 28.8 Å². The van der Waals surface area contributed by atoms with E-state index in [4.69, 9.17) is 12.2 Å². The molecule has 4 nitrogen and oxygen atoms in total. The van der Waals surface area contributed by atoms with Gasteiger partial charge in [0.05, 0.1) is 0 Å². The summed E-state index contributed by atoms with van der Waals surface area (Å²) in [4.78, 5) is 12.9. The largest absolute Gasteiger partial charge is 0.332 e. The Morgan fingerprint density at radius 1 is 1.04 bits per heavy atom. The van der Waals surface area contributed by atoms with Gasteiger partial charge in [0.25, 0.3) is 0 Å². The molecule has 0 fully saturated rings. The summed E-state index contributed by atoms with van der Waals surface area (Å²) in [5, 5.41) is 6.89. The van der Waals surface area contributed by atoms with Crippen molar-refractivity contribution in [2.75, 3.05) is 22.6 Å². The van der Waals surface area contributed by atoms with Crippen molar-refractivity contribution in [1.82, 2.24) is 0 Å². The summed E-state index contributed by atoms with van der Waals surface area (Å²) < 4.78 is 0. The van der Waals surface area contributed by atoms with Gasteiger partial charge < -0.3 is 15.5 Å². The average molecular weight is 327 g/mol. The highest BCUT2D eigenvalue weighted by molar-refractivity contribution is 7.80. The minimum Gasteiger partial charge on any atom is -0.332 e. The number of benzene rings is 2. The molecule has 0 radical (unpaired) electrons. The maximum absolute atomic E-state index is 11.3. The van der Waals surface area contributed by atoms with Gasteiger partial charge in [-0.15, -0.1) is 0 Å². The quantitative estimate of drug-likeness (QED) is 0.833. The molecule has 23 heavy (non-hydrogen) atoms. The van der Waals surface area contributed by atoms with Crippen LogP contribution >= 0.6 is 12.2 Å². The van der Waals surface area contributed by atoms with Crippen LogP contribution in [0, 0.1) is 13.8 Å². The smallest absolute Gasteiger partial charge is 0.223 e. The first-order valence-electron chi connectivity index (χ1n) is 7.36. The fraction of sp³-hybridized carbons (Fsp3) is 0.222. The van der Waals surface area contributed by atoms with E-state index in [1.807, 2.05) is 38.1 Å². The van der Waals surface area contributed by atoms with Crippen LogP contribution in [0.5, 0.6) is 0 Å². The number of amides is 1. The molecule has 0 saturated carbocycles. The highest BCUT2D eigenvalue weighted by Gasteiger charge is 2.06. The lowest BCUT2D eigenvalue weighted by atomic mass is 10.1. The molecule has 0 atom stereocenters. The van der Waals surface area contributed by atoms with Gasteiger partial charge in [-0.25, -0.2) is 0 Å². The van der Waals surface area contributed by atoms with Crippen molar-refractivity contribution in [3.8, 4) is 0 Å². The van der Waals surface area contributed by atoms with E-state index in [9.17, 15) is 4.79 Å². The number of aryl methyl sites for hydroxylation is 2.